The molecule has 0 N–H and O–H groups in total. The molecule has 0 unspecified atom stereocenters. The minimum Gasteiger partial charge on any atom is -0.466 e. The number of ether oxygens (including phenoxy) is 2. The summed E-state index contributed by atoms with van der Waals surface area (Å²) in [4.78, 5) is 21.8. The molecular formula is C21H46O7Si4. The van der Waals surface area contributed by atoms with Crippen LogP contribution in [0.15, 0.2) is 24.3 Å². The number of hydrogen-bond donors (Lipinski definition) is 0. The molecule has 0 saturated heterocycles. The molecule has 0 spiro atoms. The minimum atomic E-state index is -2.83. The van der Waals surface area contributed by atoms with Gasteiger partial charge in [0.25, 0.3) is 0 Å². The molecular weight excluding hydrogens is 477 g/mol. The van der Waals surface area contributed by atoms with Crippen LogP contribution in [0.4, 0.5) is 0 Å². The Bertz CT molecular complexity index is 603. The lowest BCUT2D eigenvalue weighted by Gasteiger charge is -2.42. The summed E-state index contributed by atoms with van der Waals surface area (Å²) >= 11 is 0. The van der Waals surface area contributed by atoms with Crippen molar-refractivity contribution < 1.29 is 31.4 Å². The molecule has 0 aromatic heterocycles. The molecule has 188 valence electrons. The number of hydrogen-bond acceptors (Lipinski definition) is 7. The van der Waals surface area contributed by atoms with Gasteiger partial charge in [0.1, 0.15) is 0 Å². The second kappa shape index (κ2) is 13.8. The van der Waals surface area contributed by atoms with E-state index in [1.54, 1.807) is 13.8 Å². The zero-order valence-corrected chi connectivity index (χ0v) is 26.4. The summed E-state index contributed by atoms with van der Waals surface area (Å²) in [7, 11) is -7.07. The number of carbonyl (C=O) groups excluding carboxylic acids is 2. The van der Waals surface area contributed by atoms with Crippen molar-refractivity contribution in [2.45, 2.75) is 85.2 Å². The Kier molecular flexibility index (Phi) is 14.4. The molecule has 0 aromatic rings. The maximum atomic E-state index is 11.6. The van der Waals surface area contributed by atoms with Crippen LogP contribution in [-0.4, -0.2) is 59.4 Å². The van der Waals surface area contributed by atoms with Crippen molar-refractivity contribution in [1.29, 1.82) is 0 Å². The van der Waals surface area contributed by atoms with Crippen LogP contribution in [0.1, 0.15) is 20.3 Å². The van der Waals surface area contributed by atoms with Crippen LogP contribution >= 0.6 is 0 Å². The Morgan fingerprint density at radius 2 is 1.03 bits per heavy atom. The standard InChI is InChI=1S/C16H38O5Si4.C5H8O2/c1-15(2)16(17)18-13-12-14-25(19-22(3,4)5,20-23(6,7)8)21-24(9,10)11;1-4(2)5(6)7-3/h1,12-14H2,2-11H3;1H2,2-3H3. The predicted molar refractivity (Wildman–Crippen MR) is 141 cm³/mol. The molecule has 7 nitrogen and oxygen atoms in total. The highest BCUT2D eigenvalue weighted by Crippen LogP contribution is 2.29. The van der Waals surface area contributed by atoms with Crippen LogP contribution in [0.25, 0.3) is 0 Å². The first-order valence-corrected chi connectivity index (χ1v) is 23.0. The van der Waals surface area contributed by atoms with Crippen LogP contribution in [0, 0.1) is 0 Å². The van der Waals surface area contributed by atoms with Crippen LogP contribution in [0.5, 0.6) is 0 Å². The highest BCUT2D eigenvalue weighted by molar-refractivity contribution is 6.90. The predicted octanol–water partition coefficient (Wildman–Crippen LogP) is 5.72. The lowest BCUT2D eigenvalue weighted by Crippen LogP contribution is -2.60. The van der Waals surface area contributed by atoms with E-state index in [4.69, 9.17) is 17.1 Å². The van der Waals surface area contributed by atoms with E-state index in [2.05, 4.69) is 76.8 Å². The highest BCUT2D eigenvalue weighted by Gasteiger charge is 2.49. The van der Waals surface area contributed by atoms with Crippen molar-refractivity contribution in [3.63, 3.8) is 0 Å². The number of rotatable bonds is 12. The molecule has 0 aliphatic heterocycles. The summed E-state index contributed by atoms with van der Waals surface area (Å²) in [6, 6.07) is 0.676. The summed E-state index contributed by atoms with van der Waals surface area (Å²) in [5.74, 6) is -0.699. The minimum absolute atomic E-state index is 0.333. The van der Waals surface area contributed by atoms with E-state index in [1.807, 2.05) is 0 Å². The molecule has 0 aliphatic rings. The molecule has 0 bridgehead atoms. The van der Waals surface area contributed by atoms with Crippen LogP contribution in [0.3, 0.4) is 0 Å². The average Bonchev–Trinajstić information content (AvgIpc) is 2.53. The van der Waals surface area contributed by atoms with Crippen LogP contribution in [-0.2, 0) is 31.4 Å². The molecule has 0 aromatic carbocycles. The summed E-state index contributed by atoms with van der Waals surface area (Å²) in [5.41, 5.74) is 0.848. The maximum absolute atomic E-state index is 11.6. The lowest BCUT2D eigenvalue weighted by molar-refractivity contribution is -0.139. The third-order valence-electron chi connectivity index (χ3n) is 3.13. The van der Waals surface area contributed by atoms with Gasteiger partial charge < -0.3 is 21.8 Å². The fourth-order valence-corrected chi connectivity index (χ4v) is 17.0. The Morgan fingerprint density at radius 3 is 1.25 bits per heavy atom. The van der Waals surface area contributed by atoms with E-state index in [-0.39, 0.29) is 11.9 Å². The van der Waals surface area contributed by atoms with Gasteiger partial charge in [0, 0.05) is 17.2 Å². The first-order chi connectivity index (χ1) is 14.1. The molecule has 0 rings (SSSR count). The van der Waals surface area contributed by atoms with Gasteiger partial charge >= 0.3 is 20.7 Å². The highest BCUT2D eigenvalue weighted by atomic mass is 28.5. The van der Waals surface area contributed by atoms with Crippen molar-refractivity contribution in [3.8, 4) is 0 Å². The number of esters is 2. The normalized spacial score (nSPS) is 12.4. The van der Waals surface area contributed by atoms with E-state index >= 15 is 0 Å². The fourth-order valence-electron chi connectivity index (χ4n) is 2.37. The van der Waals surface area contributed by atoms with E-state index < -0.39 is 33.8 Å². The summed E-state index contributed by atoms with van der Waals surface area (Å²) in [6.45, 7) is 30.0. The SMILES string of the molecule is C=C(C)C(=O)OC.C=C(C)C(=O)OCCC[Si](O[Si](C)(C)C)(O[Si](C)(C)C)O[Si](C)(C)C. The molecule has 0 aliphatic carbocycles. The maximum Gasteiger partial charge on any atom is 0.469 e. The first kappa shape index (κ1) is 33.3. The second-order valence-corrected chi connectivity index (χ2v) is 27.6. The zero-order valence-electron chi connectivity index (χ0n) is 22.4. The van der Waals surface area contributed by atoms with Gasteiger partial charge in [-0.15, -0.1) is 0 Å². The quantitative estimate of drug-likeness (QED) is 0.140. The average molecular weight is 523 g/mol. The molecule has 0 saturated carbocycles. The Hall–Kier alpha value is -0.832. The Morgan fingerprint density at radius 1 is 0.688 bits per heavy atom. The van der Waals surface area contributed by atoms with Gasteiger partial charge in [-0.05, 0) is 79.2 Å². The van der Waals surface area contributed by atoms with Crippen LogP contribution in [0.2, 0.25) is 65.0 Å². The van der Waals surface area contributed by atoms with Crippen molar-refractivity contribution in [2.75, 3.05) is 13.7 Å². The molecule has 0 atom stereocenters. The van der Waals surface area contributed by atoms with Gasteiger partial charge in [-0.3, -0.25) is 0 Å². The van der Waals surface area contributed by atoms with Gasteiger partial charge in [0.15, 0.2) is 25.0 Å². The molecule has 0 fully saturated rings. The molecule has 0 amide bonds. The molecule has 32 heavy (non-hydrogen) atoms. The molecule has 0 radical (unpaired) electrons. The Balaban J connectivity index is 0. The van der Waals surface area contributed by atoms with Crippen molar-refractivity contribution in [3.05, 3.63) is 24.3 Å². The summed E-state index contributed by atoms with van der Waals surface area (Å²) in [5, 5.41) is 0. The van der Waals surface area contributed by atoms with E-state index in [9.17, 15) is 9.59 Å². The fraction of sp³-hybridized carbons (Fsp3) is 0.714. The molecule has 11 heteroatoms. The van der Waals surface area contributed by atoms with E-state index in [1.165, 1.54) is 7.11 Å². The van der Waals surface area contributed by atoms with Gasteiger partial charge in [-0.2, -0.15) is 0 Å². The van der Waals surface area contributed by atoms with Gasteiger partial charge in [0.2, 0.25) is 0 Å². The monoisotopic (exact) mass is 522 g/mol. The number of methoxy groups -OCH3 is 1. The van der Waals surface area contributed by atoms with Gasteiger partial charge in [-0.25, -0.2) is 9.59 Å². The van der Waals surface area contributed by atoms with Crippen molar-refractivity contribution in [2.24, 2.45) is 0 Å². The smallest absolute Gasteiger partial charge is 0.466 e. The lowest BCUT2D eigenvalue weighted by atomic mass is 10.4. The first-order valence-electron chi connectivity index (χ1n) is 10.8. The number of carbonyl (C=O) groups is 2. The van der Waals surface area contributed by atoms with Crippen molar-refractivity contribution in [1.82, 2.24) is 0 Å². The van der Waals surface area contributed by atoms with Gasteiger partial charge in [-0.1, -0.05) is 13.2 Å². The zero-order chi connectivity index (χ0) is 26.0. The van der Waals surface area contributed by atoms with Crippen LogP contribution < -0.4 is 0 Å². The molecule has 0 heterocycles. The van der Waals surface area contributed by atoms with E-state index in [0.29, 0.717) is 30.2 Å². The summed E-state index contributed by atoms with van der Waals surface area (Å²) < 4.78 is 29.2. The largest absolute Gasteiger partial charge is 0.469 e. The summed E-state index contributed by atoms with van der Waals surface area (Å²) in [6.07, 6.45) is 0.671. The van der Waals surface area contributed by atoms with Crippen molar-refractivity contribution >= 4 is 45.7 Å². The third kappa shape index (κ3) is 18.7. The van der Waals surface area contributed by atoms with Gasteiger partial charge in [0.05, 0.1) is 13.7 Å². The topological polar surface area (TPSA) is 80.3 Å². The van der Waals surface area contributed by atoms with E-state index in [0.717, 1.165) is 0 Å². The second-order valence-electron chi connectivity index (χ2n) is 10.6. The third-order valence-corrected chi connectivity index (χ3v) is 15.2. The Labute approximate surface area is 200 Å².